The molecule has 0 spiro atoms. The summed E-state index contributed by atoms with van der Waals surface area (Å²) in [6.07, 6.45) is 0.0110. The first-order valence-electron chi connectivity index (χ1n) is 6.00. The maximum atomic E-state index is 9.95. The van der Waals surface area contributed by atoms with Crippen molar-refractivity contribution < 1.29 is 19.7 Å². The van der Waals surface area contributed by atoms with Crippen LogP contribution in [0.15, 0.2) is 17.8 Å². The number of aliphatic hydroxyl groups is 2. The Hall–Kier alpha value is -2.26. The van der Waals surface area contributed by atoms with E-state index in [1.807, 2.05) is 0 Å². The second-order valence-corrected chi connectivity index (χ2v) is 4.39. The summed E-state index contributed by atoms with van der Waals surface area (Å²) in [5, 5.41) is 22.2. The lowest BCUT2D eigenvalue weighted by molar-refractivity contribution is 0.00582. The first-order chi connectivity index (χ1) is 9.67. The van der Waals surface area contributed by atoms with Crippen molar-refractivity contribution in [3.8, 4) is 0 Å². The molecular formula is C11H15N5O4. The third-order valence-electron chi connectivity index (χ3n) is 3.34. The molecule has 1 aromatic heterocycles. The van der Waals surface area contributed by atoms with E-state index in [0.717, 1.165) is 0 Å². The van der Waals surface area contributed by atoms with E-state index in [0.29, 0.717) is 24.0 Å². The van der Waals surface area contributed by atoms with Gasteiger partial charge in [-0.05, 0) is 0 Å². The third-order valence-corrected chi connectivity index (χ3v) is 3.34. The molecule has 0 saturated carbocycles. The number of hydrogen-bond donors (Lipinski definition) is 4. The van der Waals surface area contributed by atoms with E-state index in [9.17, 15) is 10.2 Å². The Kier molecular flexibility index (Phi) is 2.99. The van der Waals surface area contributed by atoms with Crippen molar-refractivity contribution in [2.45, 2.75) is 12.3 Å². The van der Waals surface area contributed by atoms with Gasteiger partial charge in [0.15, 0.2) is 29.3 Å². The fourth-order valence-electron chi connectivity index (χ4n) is 2.36. The van der Waals surface area contributed by atoms with Gasteiger partial charge in [-0.2, -0.15) is 0 Å². The molecule has 0 amide bonds. The highest BCUT2D eigenvalue weighted by Gasteiger charge is 2.43. The van der Waals surface area contributed by atoms with Gasteiger partial charge in [0, 0.05) is 7.11 Å². The van der Waals surface area contributed by atoms with E-state index >= 15 is 0 Å². The number of nitrogens with two attached hydrogens (primary N) is 1. The van der Waals surface area contributed by atoms with Crippen LogP contribution in [0.1, 0.15) is 0 Å². The van der Waals surface area contributed by atoms with Crippen molar-refractivity contribution in [1.29, 1.82) is 0 Å². The van der Waals surface area contributed by atoms with Gasteiger partial charge in [-0.3, -0.25) is 4.90 Å². The van der Waals surface area contributed by atoms with Crippen LogP contribution in [0.25, 0.3) is 0 Å². The van der Waals surface area contributed by atoms with Crippen molar-refractivity contribution in [3.63, 3.8) is 0 Å². The van der Waals surface area contributed by atoms with Gasteiger partial charge in [-0.1, -0.05) is 0 Å². The van der Waals surface area contributed by atoms with Gasteiger partial charge in [0.25, 0.3) is 0 Å². The van der Waals surface area contributed by atoms with Gasteiger partial charge < -0.3 is 30.7 Å². The zero-order chi connectivity index (χ0) is 14.3. The van der Waals surface area contributed by atoms with Crippen LogP contribution in [0, 0.1) is 0 Å². The average molecular weight is 281 g/mol. The zero-order valence-electron chi connectivity index (χ0n) is 10.8. The first kappa shape index (κ1) is 12.8. The Labute approximate surface area is 114 Å². The largest absolute Gasteiger partial charge is 0.506 e. The quantitative estimate of drug-likeness (QED) is 0.573. The van der Waals surface area contributed by atoms with Gasteiger partial charge in [0.2, 0.25) is 6.23 Å². The van der Waals surface area contributed by atoms with Crippen LogP contribution in [0.4, 0.5) is 17.3 Å². The van der Waals surface area contributed by atoms with E-state index in [1.54, 1.807) is 4.90 Å². The zero-order valence-corrected chi connectivity index (χ0v) is 10.8. The average Bonchev–Trinajstić information content (AvgIpc) is 3.00. The summed E-state index contributed by atoms with van der Waals surface area (Å²) in [4.78, 5) is 9.82. The summed E-state index contributed by atoms with van der Waals surface area (Å²) in [5.41, 5.74) is 6.38. The Morgan fingerprint density at radius 2 is 2.40 bits per heavy atom. The van der Waals surface area contributed by atoms with Gasteiger partial charge in [0.05, 0.1) is 6.67 Å². The van der Waals surface area contributed by atoms with Gasteiger partial charge in [-0.15, -0.1) is 0 Å². The smallest absolute Gasteiger partial charge is 0.208 e. The van der Waals surface area contributed by atoms with Crippen molar-refractivity contribution in [1.82, 2.24) is 9.97 Å². The van der Waals surface area contributed by atoms with Crippen LogP contribution in [-0.2, 0) is 9.47 Å². The monoisotopic (exact) mass is 281 g/mol. The molecule has 2 atom stereocenters. The predicted octanol–water partition coefficient (Wildman–Crippen LogP) is -0.619. The van der Waals surface area contributed by atoms with Gasteiger partial charge in [0.1, 0.15) is 18.6 Å². The summed E-state index contributed by atoms with van der Waals surface area (Å²) in [7, 11) is 1.45. The molecule has 0 aliphatic carbocycles. The van der Waals surface area contributed by atoms with Crippen LogP contribution in [0.2, 0.25) is 0 Å². The molecule has 20 heavy (non-hydrogen) atoms. The van der Waals surface area contributed by atoms with E-state index in [4.69, 9.17) is 15.2 Å². The van der Waals surface area contributed by atoms with Gasteiger partial charge >= 0.3 is 0 Å². The number of aromatic nitrogens is 2. The topological polar surface area (TPSA) is 126 Å². The Morgan fingerprint density at radius 1 is 1.60 bits per heavy atom. The molecule has 9 nitrogen and oxygen atoms in total. The molecule has 9 heteroatoms. The number of anilines is 3. The standard InChI is InChI=1S/C11H15N5O4/c1-19-8-7(18)5(2-17)20-11(8)16-4-15-6-9(12)13-3-14-10(6)16/h3,8,11,15,17-18H,2,4H2,1H3,(H2,12,13,14)/t8?,11-/m1/s1. The summed E-state index contributed by atoms with van der Waals surface area (Å²) in [6.45, 7) is -0.0169. The number of rotatable bonds is 3. The van der Waals surface area contributed by atoms with E-state index < -0.39 is 18.9 Å². The molecular weight excluding hydrogens is 266 g/mol. The number of nitrogens with one attached hydrogen (secondary N) is 1. The van der Waals surface area contributed by atoms with Crippen molar-refractivity contribution in [2.24, 2.45) is 0 Å². The lowest BCUT2D eigenvalue weighted by Gasteiger charge is -2.28. The highest BCUT2D eigenvalue weighted by atomic mass is 16.6. The summed E-state index contributed by atoms with van der Waals surface area (Å²) < 4.78 is 10.8. The van der Waals surface area contributed by atoms with Gasteiger partial charge in [-0.25, -0.2) is 9.97 Å². The lowest BCUT2D eigenvalue weighted by atomic mass is 10.2. The molecule has 3 heterocycles. The van der Waals surface area contributed by atoms with Crippen molar-refractivity contribution in [2.75, 3.05) is 36.3 Å². The molecule has 1 unspecified atom stereocenters. The SMILES string of the molecule is COC1C(O)=C(CO)O[C@H]1N1CNc2c(N)ncnc21. The van der Waals surface area contributed by atoms with Crippen molar-refractivity contribution >= 4 is 17.3 Å². The molecule has 0 fully saturated rings. The number of nitrogens with zero attached hydrogens (tertiary/aromatic N) is 3. The van der Waals surface area contributed by atoms with Crippen LogP contribution in [0.3, 0.4) is 0 Å². The highest BCUT2D eigenvalue weighted by molar-refractivity contribution is 5.80. The molecule has 0 bridgehead atoms. The molecule has 0 saturated heterocycles. The minimum atomic E-state index is -0.707. The number of aliphatic hydroxyl groups excluding tert-OH is 2. The maximum Gasteiger partial charge on any atom is 0.208 e. The van der Waals surface area contributed by atoms with Crippen LogP contribution >= 0.6 is 0 Å². The fraction of sp³-hybridized carbons (Fsp3) is 0.455. The Bertz CT molecular complexity index is 564. The number of hydrogen-bond acceptors (Lipinski definition) is 9. The first-order valence-corrected chi connectivity index (χ1v) is 6.00. The van der Waals surface area contributed by atoms with Crippen LogP contribution in [-0.4, -0.2) is 52.9 Å². The molecule has 0 aromatic carbocycles. The number of fused-ring (bicyclic) bond motifs is 1. The molecule has 0 radical (unpaired) electrons. The normalized spacial score (nSPS) is 24.6. The number of ether oxygens (including phenoxy) is 2. The minimum Gasteiger partial charge on any atom is -0.506 e. The van der Waals surface area contributed by atoms with Crippen LogP contribution in [0.5, 0.6) is 0 Å². The van der Waals surface area contributed by atoms with Crippen molar-refractivity contribution in [3.05, 3.63) is 17.8 Å². The maximum absolute atomic E-state index is 9.95. The Morgan fingerprint density at radius 3 is 3.10 bits per heavy atom. The summed E-state index contributed by atoms with van der Waals surface area (Å²) in [6, 6.07) is 0. The molecule has 2 aliphatic heterocycles. The van der Waals surface area contributed by atoms with E-state index in [1.165, 1.54) is 13.4 Å². The van der Waals surface area contributed by atoms with E-state index in [2.05, 4.69) is 15.3 Å². The Balaban J connectivity index is 1.92. The second-order valence-electron chi connectivity index (χ2n) is 4.39. The molecule has 1 aromatic rings. The predicted molar refractivity (Wildman–Crippen MR) is 69.8 cm³/mol. The molecule has 5 N–H and O–H groups in total. The second kappa shape index (κ2) is 4.69. The highest BCUT2D eigenvalue weighted by Crippen LogP contribution is 2.38. The third kappa shape index (κ3) is 1.71. The van der Waals surface area contributed by atoms with Crippen LogP contribution < -0.4 is 16.0 Å². The molecule has 108 valence electrons. The number of nitrogen functional groups attached to an aromatic ring is 1. The summed E-state index contributed by atoms with van der Waals surface area (Å²) in [5.74, 6) is 0.883. The number of methoxy groups -OCH3 is 1. The lowest BCUT2D eigenvalue weighted by Crippen LogP contribution is -2.44. The minimum absolute atomic E-state index is 0.0947. The fourth-order valence-corrected chi connectivity index (χ4v) is 2.36. The summed E-state index contributed by atoms with van der Waals surface area (Å²) >= 11 is 0. The van der Waals surface area contributed by atoms with E-state index in [-0.39, 0.29) is 11.5 Å². The molecule has 2 aliphatic rings. The molecule has 3 rings (SSSR count).